The van der Waals surface area contributed by atoms with Gasteiger partial charge in [-0.15, -0.1) is 0 Å². The number of hydrogen-bond acceptors (Lipinski definition) is 3. The number of rotatable bonds is 18. The van der Waals surface area contributed by atoms with Gasteiger partial charge in [-0.25, -0.2) is 0 Å². The Kier molecular flexibility index (Phi) is 17.4. The van der Waals surface area contributed by atoms with Crippen LogP contribution in [0.3, 0.4) is 0 Å². The predicted octanol–water partition coefficient (Wildman–Crippen LogP) is 5.08. The van der Waals surface area contributed by atoms with Crippen molar-refractivity contribution < 1.29 is 14.2 Å². The summed E-state index contributed by atoms with van der Waals surface area (Å²) in [5.74, 6) is 0. The fourth-order valence-corrected chi connectivity index (χ4v) is 7.69. The summed E-state index contributed by atoms with van der Waals surface area (Å²) in [6.45, 7) is 10.6. The smallest absolute Gasteiger partial charge is 0.0828 e. The van der Waals surface area contributed by atoms with Gasteiger partial charge in [-0.2, -0.15) is 0 Å². The number of unbranched alkanes of at least 4 members (excludes halogenated alkanes) is 3. The van der Waals surface area contributed by atoms with Gasteiger partial charge in [0.05, 0.1) is 57.7 Å². The van der Waals surface area contributed by atoms with Crippen LogP contribution in [0.5, 0.6) is 0 Å². The standard InChI is InChI=1S/C19H42O3P/c1-5-8-16-23(17-9-6-2,18-10-7-3)19-15-22-14-13-21-12-11-20-4/h5-19H2,1-4H3/q+1. The van der Waals surface area contributed by atoms with E-state index in [0.29, 0.717) is 19.8 Å². The molecule has 0 aromatic carbocycles. The molecule has 0 aliphatic carbocycles. The van der Waals surface area contributed by atoms with E-state index in [1.54, 1.807) is 7.11 Å². The maximum Gasteiger partial charge on any atom is 0.0828 e. The summed E-state index contributed by atoms with van der Waals surface area (Å²) in [5.41, 5.74) is 0. The van der Waals surface area contributed by atoms with Gasteiger partial charge in [-0.05, 0) is 19.3 Å². The molecule has 0 aliphatic rings. The van der Waals surface area contributed by atoms with Gasteiger partial charge in [0.2, 0.25) is 0 Å². The van der Waals surface area contributed by atoms with Crippen molar-refractivity contribution in [3.05, 3.63) is 0 Å². The second-order valence-electron chi connectivity index (χ2n) is 6.51. The summed E-state index contributed by atoms with van der Waals surface area (Å²) in [6, 6.07) is 0. The zero-order valence-electron chi connectivity index (χ0n) is 16.3. The Labute approximate surface area is 146 Å². The van der Waals surface area contributed by atoms with E-state index in [1.807, 2.05) is 0 Å². The lowest BCUT2D eigenvalue weighted by Gasteiger charge is -2.28. The van der Waals surface area contributed by atoms with Crippen molar-refractivity contribution in [2.75, 3.05) is 64.8 Å². The van der Waals surface area contributed by atoms with E-state index in [1.165, 1.54) is 63.2 Å². The molecule has 0 bridgehead atoms. The fourth-order valence-electron chi connectivity index (χ4n) is 2.87. The largest absolute Gasteiger partial charge is 0.382 e. The van der Waals surface area contributed by atoms with E-state index in [4.69, 9.17) is 14.2 Å². The van der Waals surface area contributed by atoms with Crippen LogP contribution >= 0.6 is 7.26 Å². The van der Waals surface area contributed by atoms with Crippen LogP contribution in [0.4, 0.5) is 0 Å². The molecule has 0 aromatic heterocycles. The third-order valence-electron chi connectivity index (χ3n) is 4.47. The lowest BCUT2D eigenvalue weighted by Crippen LogP contribution is -2.17. The van der Waals surface area contributed by atoms with E-state index in [2.05, 4.69) is 20.8 Å². The number of methoxy groups -OCH3 is 1. The molecule has 0 saturated carbocycles. The average Bonchev–Trinajstić information content (AvgIpc) is 2.58. The Hall–Kier alpha value is 0.310. The first-order valence-corrected chi connectivity index (χ1v) is 12.3. The van der Waals surface area contributed by atoms with Crippen LogP contribution in [0.25, 0.3) is 0 Å². The summed E-state index contributed by atoms with van der Waals surface area (Å²) in [4.78, 5) is 0. The monoisotopic (exact) mass is 349 g/mol. The van der Waals surface area contributed by atoms with E-state index in [9.17, 15) is 0 Å². The van der Waals surface area contributed by atoms with Crippen molar-refractivity contribution in [2.24, 2.45) is 0 Å². The summed E-state index contributed by atoms with van der Waals surface area (Å²) >= 11 is 0. The molecule has 4 heteroatoms. The maximum absolute atomic E-state index is 5.87. The Morgan fingerprint density at radius 3 is 1.43 bits per heavy atom. The van der Waals surface area contributed by atoms with Crippen molar-refractivity contribution in [1.29, 1.82) is 0 Å². The van der Waals surface area contributed by atoms with Crippen molar-refractivity contribution in [3.63, 3.8) is 0 Å². The molecule has 0 N–H and O–H groups in total. The van der Waals surface area contributed by atoms with Crippen molar-refractivity contribution in [2.45, 2.75) is 59.3 Å². The minimum Gasteiger partial charge on any atom is -0.382 e. The van der Waals surface area contributed by atoms with Gasteiger partial charge in [0, 0.05) is 14.4 Å². The molecule has 0 aromatic rings. The average molecular weight is 350 g/mol. The van der Waals surface area contributed by atoms with E-state index >= 15 is 0 Å². The Morgan fingerprint density at radius 2 is 1.00 bits per heavy atom. The minimum absolute atomic E-state index is 0.666. The van der Waals surface area contributed by atoms with Crippen LogP contribution in [0.1, 0.15) is 59.3 Å². The second kappa shape index (κ2) is 17.1. The third-order valence-corrected chi connectivity index (χ3v) is 9.40. The van der Waals surface area contributed by atoms with Gasteiger partial charge in [0.25, 0.3) is 0 Å². The minimum atomic E-state index is -0.798. The second-order valence-corrected chi connectivity index (χ2v) is 11.0. The third kappa shape index (κ3) is 13.3. The van der Waals surface area contributed by atoms with Gasteiger partial charge >= 0.3 is 0 Å². The number of ether oxygens (including phenoxy) is 3. The lowest BCUT2D eigenvalue weighted by molar-refractivity contribution is 0.0284. The molecule has 0 spiro atoms. The summed E-state index contributed by atoms with van der Waals surface area (Å²) in [6.07, 6.45) is 14.0. The van der Waals surface area contributed by atoms with Crippen molar-refractivity contribution in [1.82, 2.24) is 0 Å². The van der Waals surface area contributed by atoms with Gasteiger partial charge in [0.1, 0.15) is 0 Å². The van der Waals surface area contributed by atoms with Gasteiger partial charge in [-0.3, -0.25) is 0 Å². The fraction of sp³-hybridized carbons (Fsp3) is 1.00. The quantitative estimate of drug-likeness (QED) is 0.255. The first-order chi connectivity index (χ1) is 11.2. The lowest BCUT2D eigenvalue weighted by atomic mass is 10.4. The molecule has 23 heavy (non-hydrogen) atoms. The topological polar surface area (TPSA) is 27.7 Å². The van der Waals surface area contributed by atoms with Crippen LogP contribution < -0.4 is 0 Å². The molecule has 0 rings (SSSR count). The highest BCUT2D eigenvalue weighted by Crippen LogP contribution is 2.60. The SMILES string of the molecule is CCCC[P+](CCCC)(CCCC)CCOCCOCCOC. The Balaban J connectivity index is 4.14. The summed E-state index contributed by atoms with van der Waals surface area (Å²) in [5, 5.41) is 0. The first-order valence-electron chi connectivity index (χ1n) is 9.74. The number of hydrogen-bond donors (Lipinski definition) is 0. The van der Waals surface area contributed by atoms with Gasteiger partial charge < -0.3 is 14.2 Å². The van der Waals surface area contributed by atoms with E-state index in [-0.39, 0.29) is 0 Å². The van der Waals surface area contributed by atoms with Crippen LogP contribution in [0.15, 0.2) is 0 Å². The highest BCUT2D eigenvalue weighted by molar-refractivity contribution is 7.75. The first kappa shape index (κ1) is 23.3. The molecule has 0 saturated heterocycles. The molecule has 0 amide bonds. The van der Waals surface area contributed by atoms with Gasteiger partial charge in [0.15, 0.2) is 0 Å². The zero-order valence-corrected chi connectivity index (χ0v) is 17.2. The van der Waals surface area contributed by atoms with E-state index in [0.717, 1.165) is 13.2 Å². The molecule has 3 nitrogen and oxygen atoms in total. The van der Waals surface area contributed by atoms with Crippen LogP contribution in [0, 0.1) is 0 Å². The highest BCUT2D eigenvalue weighted by Gasteiger charge is 2.34. The molecule has 0 aliphatic heterocycles. The van der Waals surface area contributed by atoms with Crippen molar-refractivity contribution >= 4 is 7.26 Å². The molecular weight excluding hydrogens is 307 g/mol. The Bertz CT molecular complexity index is 215. The maximum atomic E-state index is 5.87. The van der Waals surface area contributed by atoms with Crippen LogP contribution in [-0.4, -0.2) is 64.8 Å². The molecule has 0 unspecified atom stereocenters. The Morgan fingerprint density at radius 1 is 0.565 bits per heavy atom. The molecule has 0 heterocycles. The molecule has 0 fully saturated rings. The van der Waals surface area contributed by atoms with Crippen LogP contribution in [0.2, 0.25) is 0 Å². The predicted molar refractivity (Wildman–Crippen MR) is 105 cm³/mol. The normalized spacial score (nSPS) is 12.0. The van der Waals surface area contributed by atoms with Crippen molar-refractivity contribution in [3.8, 4) is 0 Å². The summed E-state index contributed by atoms with van der Waals surface area (Å²) in [7, 11) is 0.903. The van der Waals surface area contributed by atoms with Gasteiger partial charge in [-0.1, -0.05) is 40.0 Å². The molecular formula is C19H42O3P+. The zero-order chi connectivity index (χ0) is 17.2. The molecule has 0 radical (unpaired) electrons. The van der Waals surface area contributed by atoms with E-state index < -0.39 is 7.26 Å². The summed E-state index contributed by atoms with van der Waals surface area (Å²) < 4.78 is 16.3. The molecule has 140 valence electrons. The highest BCUT2D eigenvalue weighted by atomic mass is 31.2. The molecule has 0 atom stereocenters. The van der Waals surface area contributed by atoms with Crippen LogP contribution in [-0.2, 0) is 14.2 Å².